The number of nitrogens with zero attached hydrogens (tertiary/aromatic N) is 1. The van der Waals surface area contributed by atoms with Gasteiger partial charge in [0.25, 0.3) is 0 Å². The highest BCUT2D eigenvalue weighted by Crippen LogP contribution is 2.27. The van der Waals surface area contributed by atoms with Crippen molar-refractivity contribution in [3.8, 4) is 11.1 Å². The lowest BCUT2D eigenvalue weighted by molar-refractivity contribution is 0.0600. The second-order valence-corrected chi connectivity index (χ2v) is 4.29. The molecule has 0 N–H and O–H groups in total. The number of pyridine rings is 1. The third kappa shape index (κ3) is 2.67. The van der Waals surface area contributed by atoms with Crippen molar-refractivity contribution in [3.05, 3.63) is 52.6 Å². The lowest BCUT2D eigenvalue weighted by atomic mass is 10.0. The topological polar surface area (TPSA) is 56.3 Å². The molecular weight excluding hydrogens is 285 g/mol. The van der Waals surface area contributed by atoms with Gasteiger partial charge >= 0.3 is 5.97 Å². The summed E-state index contributed by atoms with van der Waals surface area (Å²) in [5.41, 5.74) is 0.764. The van der Waals surface area contributed by atoms with E-state index in [0.717, 1.165) is 6.07 Å². The van der Waals surface area contributed by atoms with E-state index in [9.17, 15) is 14.0 Å². The zero-order valence-electron chi connectivity index (χ0n) is 10.4. The van der Waals surface area contributed by atoms with Crippen LogP contribution in [0.2, 0.25) is 5.15 Å². The normalized spacial score (nSPS) is 10.2. The molecule has 0 unspecified atom stereocenters. The Hall–Kier alpha value is -2.27. The Kier molecular flexibility index (Phi) is 4.10. The molecule has 0 aliphatic rings. The van der Waals surface area contributed by atoms with Crippen molar-refractivity contribution in [1.29, 1.82) is 0 Å². The first kappa shape index (κ1) is 14.1. The zero-order valence-corrected chi connectivity index (χ0v) is 11.1. The lowest BCUT2D eigenvalue weighted by Crippen LogP contribution is -2.02. The fraction of sp³-hybridized carbons (Fsp3) is 0.0714. The third-order valence-corrected chi connectivity index (χ3v) is 2.92. The Balaban J connectivity index is 2.54. The fourth-order valence-electron chi connectivity index (χ4n) is 1.74. The van der Waals surface area contributed by atoms with Crippen molar-refractivity contribution in [2.75, 3.05) is 7.11 Å². The van der Waals surface area contributed by atoms with Crippen LogP contribution in [0.3, 0.4) is 0 Å². The Labute approximate surface area is 119 Å². The number of hydrogen-bond acceptors (Lipinski definition) is 4. The first-order valence-corrected chi connectivity index (χ1v) is 5.93. The maximum absolute atomic E-state index is 14.1. The molecule has 0 bridgehead atoms. The number of hydrogen-bond donors (Lipinski definition) is 0. The molecule has 0 atom stereocenters. The van der Waals surface area contributed by atoms with Crippen molar-refractivity contribution < 1.29 is 18.7 Å². The van der Waals surface area contributed by atoms with Crippen LogP contribution in [0.1, 0.15) is 20.7 Å². The van der Waals surface area contributed by atoms with Crippen LogP contribution in [0, 0.1) is 5.82 Å². The molecule has 4 nitrogen and oxygen atoms in total. The van der Waals surface area contributed by atoms with Gasteiger partial charge in [-0.25, -0.2) is 14.2 Å². The number of rotatable bonds is 3. The molecule has 1 heterocycles. The molecule has 2 aromatic rings. The summed E-state index contributed by atoms with van der Waals surface area (Å²) >= 11 is 5.68. The third-order valence-electron chi connectivity index (χ3n) is 2.71. The van der Waals surface area contributed by atoms with Gasteiger partial charge in [0, 0.05) is 22.9 Å². The number of aldehydes is 1. The van der Waals surface area contributed by atoms with Crippen LogP contribution in [-0.2, 0) is 4.74 Å². The van der Waals surface area contributed by atoms with Crippen molar-refractivity contribution in [1.82, 2.24) is 4.98 Å². The Morgan fingerprint density at radius 1 is 1.35 bits per heavy atom. The van der Waals surface area contributed by atoms with Gasteiger partial charge in [0.05, 0.1) is 12.7 Å². The summed E-state index contributed by atoms with van der Waals surface area (Å²) in [6.45, 7) is 0. The van der Waals surface area contributed by atoms with Gasteiger partial charge in [-0.3, -0.25) is 4.79 Å². The van der Waals surface area contributed by atoms with E-state index in [1.807, 2.05) is 0 Å². The van der Waals surface area contributed by atoms with E-state index < -0.39 is 11.8 Å². The molecular formula is C14H9ClFNO3. The predicted molar refractivity (Wildman–Crippen MR) is 71.4 cm³/mol. The molecule has 0 aliphatic heterocycles. The number of esters is 1. The highest BCUT2D eigenvalue weighted by molar-refractivity contribution is 6.29. The predicted octanol–water partition coefficient (Wildman–Crippen LogP) is 3.14. The quantitative estimate of drug-likeness (QED) is 0.495. The van der Waals surface area contributed by atoms with E-state index in [1.165, 1.54) is 31.5 Å². The van der Waals surface area contributed by atoms with E-state index >= 15 is 0 Å². The van der Waals surface area contributed by atoms with Gasteiger partial charge in [-0.05, 0) is 18.2 Å². The van der Waals surface area contributed by atoms with Crippen molar-refractivity contribution in [2.45, 2.75) is 0 Å². The molecule has 20 heavy (non-hydrogen) atoms. The smallest absolute Gasteiger partial charge is 0.337 e. The van der Waals surface area contributed by atoms with Gasteiger partial charge < -0.3 is 4.74 Å². The van der Waals surface area contributed by atoms with Crippen LogP contribution in [0.5, 0.6) is 0 Å². The summed E-state index contributed by atoms with van der Waals surface area (Å²) in [6, 6.07) is 5.19. The first-order valence-electron chi connectivity index (χ1n) is 5.55. The van der Waals surface area contributed by atoms with Crippen LogP contribution < -0.4 is 0 Å². The summed E-state index contributed by atoms with van der Waals surface area (Å²) in [5, 5.41) is 0.141. The first-order chi connectivity index (χ1) is 9.56. The number of carbonyl (C=O) groups excluding carboxylic acids is 2. The van der Waals surface area contributed by atoms with Gasteiger partial charge in [-0.2, -0.15) is 0 Å². The molecule has 0 fully saturated rings. The monoisotopic (exact) mass is 293 g/mol. The van der Waals surface area contributed by atoms with Gasteiger partial charge in [-0.1, -0.05) is 17.7 Å². The molecule has 0 radical (unpaired) electrons. The number of methoxy groups -OCH3 is 1. The number of halogens is 2. The molecule has 2 rings (SSSR count). The maximum atomic E-state index is 14.1. The van der Waals surface area contributed by atoms with E-state index in [4.69, 9.17) is 11.6 Å². The second kappa shape index (κ2) is 5.79. The van der Waals surface area contributed by atoms with Gasteiger partial charge in [0.1, 0.15) is 11.0 Å². The minimum Gasteiger partial charge on any atom is -0.465 e. The highest BCUT2D eigenvalue weighted by Gasteiger charge is 2.14. The standard InChI is InChI=1S/C14H9ClFNO3/c1-20-14(19)8-2-3-10(12(16)4-8)11-6-17-13(15)5-9(11)7-18/h2-7H,1H3. The van der Waals surface area contributed by atoms with E-state index in [2.05, 4.69) is 9.72 Å². The molecule has 0 amide bonds. The van der Waals surface area contributed by atoms with Crippen LogP contribution in [0.25, 0.3) is 11.1 Å². The summed E-state index contributed by atoms with van der Waals surface area (Å²) < 4.78 is 18.6. The minimum absolute atomic E-state index is 0.0864. The van der Waals surface area contributed by atoms with Gasteiger partial charge in [0.15, 0.2) is 6.29 Å². The van der Waals surface area contributed by atoms with Crippen molar-refractivity contribution >= 4 is 23.9 Å². The van der Waals surface area contributed by atoms with Crippen LogP contribution >= 0.6 is 11.6 Å². The van der Waals surface area contributed by atoms with Crippen LogP contribution in [0.4, 0.5) is 4.39 Å². The summed E-state index contributed by atoms with van der Waals surface area (Å²) in [4.78, 5) is 26.1. The van der Waals surface area contributed by atoms with Crippen LogP contribution in [-0.4, -0.2) is 24.3 Å². The minimum atomic E-state index is -0.653. The summed E-state index contributed by atoms with van der Waals surface area (Å²) in [7, 11) is 1.21. The fourth-order valence-corrected chi connectivity index (χ4v) is 1.91. The molecule has 0 saturated carbocycles. The Bertz CT molecular complexity index is 688. The van der Waals surface area contributed by atoms with E-state index in [-0.39, 0.29) is 21.8 Å². The van der Waals surface area contributed by atoms with Gasteiger partial charge in [0.2, 0.25) is 0 Å². The van der Waals surface area contributed by atoms with E-state index in [0.29, 0.717) is 11.8 Å². The van der Waals surface area contributed by atoms with Gasteiger partial charge in [-0.15, -0.1) is 0 Å². The number of aromatic nitrogens is 1. The molecule has 0 saturated heterocycles. The highest BCUT2D eigenvalue weighted by atomic mass is 35.5. The number of ether oxygens (including phenoxy) is 1. The largest absolute Gasteiger partial charge is 0.465 e. The number of benzene rings is 1. The molecule has 1 aromatic carbocycles. The van der Waals surface area contributed by atoms with Crippen molar-refractivity contribution in [2.24, 2.45) is 0 Å². The average molecular weight is 294 g/mol. The molecule has 0 aliphatic carbocycles. The SMILES string of the molecule is COC(=O)c1ccc(-c2cnc(Cl)cc2C=O)c(F)c1. The number of carbonyl (C=O) groups is 2. The lowest BCUT2D eigenvalue weighted by Gasteiger charge is -2.07. The molecule has 102 valence electrons. The zero-order chi connectivity index (χ0) is 14.7. The Morgan fingerprint density at radius 3 is 2.70 bits per heavy atom. The van der Waals surface area contributed by atoms with Crippen LogP contribution in [0.15, 0.2) is 30.5 Å². The summed E-state index contributed by atoms with van der Waals surface area (Å²) in [5.74, 6) is -1.29. The van der Waals surface area contributed by atoms with E-state index in [1.54, 1.807) is 0 Å². The molecule has 0 spiro atoms. The second-order valence-electron chi connectivity index (χ2n) is 3.90. The maximum Gasteiger partial charge on any atom is 0.337 e. The molecule has 6 heteroatoms. The Morgan fingerprint density at radius 2 is 2.10 bits per heavy atom. The van der Waals surface area contributed by atoms with Crippen molar-refractivity contribution in [3.63, 3.8) is 0 Å². The summed E-state index contributed by atoms with van der Waals surface area (Å²) in [6.07, 6.45) is 1.87. The molecule has 1 aromatic heterocycles. The average Bonchev–Trinajstić information content (AvgIpc) is 2.46.